The number of aliphatic hydroxyl groups excluding tert-OH is 1. The fourth-order valence-corrected chi connectivity index (χ4v) is 5.42. The van der Waals surface area contributed by atoms with E-state index in [0.717, 1.165) is 42.6 Å². The number of aliphatic hydroxyl groups is 2. The molecule has 0 aliphatic carbocycles. The number of hydrogen-bond donors (Lipinski definition) is 2. The summed E-state index contributed by atoms with van der Waals surface area (Å²) in [5, 5.41) is 28.3. The maximum absolute atomic E-state index is 10.1. The third-order valence-electron chi connectivity index (χ3n) is 4.03. The molecule has 2 unspecified atom stereocenters. The monoisotopic (exact) mass is 380 g/mol. The summed E-state index contributed by atoms with van der Waals surface area (Å²) in [6, 6.07) is 11.4. The molecule has 0 aliphatic rings. The van der Waals surface area contributed by atoms with E-state index in [9.17, 15) is 10.2 Å². The van der Waals surface area contributed by atoms with Gasteiger partial charge in [0.15, 0.2) is 5.15 Å². The molecule has 4 nitrogen and oxygen atoms in total. The summed E-state index contributed by atoms with van der Waals surface area (Å²) in [5.74, 6) is 0. The summed E-state index contributed by atoms with van der Waals surface area (Å²) in [5.41, 5.74) is 1.55. The number of hydrogen-bond acceptors (Lipinski definition) is 2. The zero-order valence-corrected chi connectivity index (χ0v) is 16.2. The maximum Gasteiger partial charge on any atom is 0.209 e. The second-order valence-electron chi connectivity index (χ2n) is 5.92. The molecule has 2 aromatic rings. The van der Waals surface area contributed by atoms with Crippen LogP contribution in [-0.2, 0) is 0 Å². The topological polar surface area (TPSA) is 66.2 Å². The van der Waals surface area contributed by atoms with Crippen LogP contribution in [-0.4, -0.2) is 30.9 Å². The minimum Gasteiger partial charge on any atom is -0.336 e. The lowest BCUT2D eigenvalue weighted by atomic mass is 10.1. The molecule has 1 aromatic carbocycles. The predicted octanol–water partition coefficient (Wildman–Crippen LogP) is 5.99. The Morgan fingerprint density at radius 3 is 2.40 bits per heavy atom. The van der Waals surface area contributed by atoms with Gasteiger partial charge in [0.1, 0.15) is 5.69 Å². The highest BCUT2D eigenvalue weighted by atomic mass is 35.5. The molecule has 0 saturated carbocycles. The molecule has 2 atom stereocenters. The van der Waals surface area contributed by atoms with Gasteiger partial charge in [-0.05, 0) is 18.9 Å². The van der Waals surface area contributed by atoms with Gasteiger partial charge in [-0.1, -0.05) is 85.5 Å². The van der Waals surface area contributed by atoms with Gasteiger partial charge in [-0.3, -0.25) is 0 Å². The second-order valence-corrected chi connectivity index (χ2v) is 8.45. The lowest BCUT2D eigenvalue weighted by Crippen LogP contribution is -2.12. The van der Waals surface area contributed by atoms with Crippen LogP contribution in [0.1, 0.15) is 46.0 Å². The minimum atomic E-state index is -0.860. The lowest BCUT2D eigenvalue weighted by molar-refractivity contribution is 0.384. The Hall–Kier alpha value is -1.27. The molecular weight excluding hydrogens is 356 g/mol. The van der Waals surface area contributed by atoms with Crippen molar-refractivity contribution in [3.05, 3.63) is 41.6 Å². The van der Waals surface area contributed by atoms with E-state index >= 15 is 0 Å². The van der Waals surface area contributed by atoms with Gasteiger partial charge in [-0.25, -0.2) is 0 Å². The molecule has 0 radical (unpaired) electrons. The molecule has 0 amide bonds. The molecule has 2 N–H and O–H groups in total. The average molecular weight is 381 g/mol. The Morgan fingerprint density at radius 2 is 1.80 bits per heavy atom. The van der Waals surface area contributed by atoms with Gasteiger partial charge in [0, 0.05) is 15.7 Å². The van der Waals surface area contributed by atoms with Crippen molar-refractivity contribution < 1.29 is 10.2 Å². The Labute approximate surface area is 156 Å². The van der Waals surface area contributed by atoms with Gasteiger partial charge in [-0.15, -0.1) is 10.2 Å². The predicted molar refractivity (Wildman–Crippen MR) is 107 cm³/mol. The first-order chi connectivity index (χ1) is 12.1. The zero-order valence-electron chi connectivity index (χ0n) is 14.7. The zero-order chi connectivity index (χ0) is 18.2. The van der Waals surface area contributed by atoms with Crippen molar-refractivity contribution in [2.75, 3.05) is 0 Å². The minimum absolute atomic E-state index is 0.151. The first-order valence-corrected chi connectivity index (χ1v) is 10.3. The number of unbranched alkanes of at least 4 members (excludes halogenated alkanes) is 1. The Kier molecular flexibility index (Phi) is 8.03. The standard InChI is InChI=1S/C19H25ClN2O2S/c1-3-5-12-15(9-4-2)25(19(23)24)16-13-17(20)21-22-18(16)14-10-7-6-8-11-14/h6-8,10-11,13,15,23-24H,3-5,9,12H2,1-2H3. The highest BCUT2D eigenvalue weighted by Gasteiger charge is 2.22. The van der Waals surface area contributed by atoms with Gasteiger partial charge in [0.05, 0.1) is 0 Å². The average Bonchev–Trinajstić information content (AvgIpc) is 2.60. The maximum atomic E-state index is 10.1. The van der Waals surface area contributed by atoms with Gasteiger partial charge in [-0.2, -0.15) is 0 Å². The fraction of sp³-hybridized carbons (Fsp3) is 0.421. The fourth-order valence-electron chi connectivity index (χ4n) is 2.88. The third kappa shape index (κ3) is 5.35. The van der Waals surface area contributed by atoms with E-state index in [1.165, 1.54) is 0 Å². The van der Waals surface area contributed by atoms with Crippen LogP contribution in [0.2, 0.25) is 5.15 Å². The van der Waals surface area contributed by atoms with E-state index in [1.807, 2.05) is 30.3 Å². The highest BCUT2D eigenvalue weighted by molar-refractivity contribution is 8.16. The Bertz CT molecular complexity index is 719. The van der Waals surface area contributed by atoms with Crippen molar-refractivity contribution in [3.63, 3.8) is 0 Å². The summed E-state index contributed by atoms with van der Waals surface area (Å²) in [4.78, 5) is 0.751. The third-order valence-corrected chi connectivity index (χ3v) is 6.53. The summed E-state index contributed by atoms with van der Waals surface area (Å²) in [7, 11) is -0.860. The highest BCUT2D eigenvalue weighted by Crippen LogP contribution is 2.42. The number of benzene rings is 1. The van der Waals surface area contributed by atoms with Crippen LogP contribution in [0.4, 0.5) is 0 Å². The van der Waals surface area contributed by atoms with Crippen LogP contribution in [0.3, 0.4) is 0 Å². The van der Waals surface area contributed by atoms with Crippen LogP contribution >= 0.6 is 22.1 Å². The van der Waals surface area contributed by atoms with Crippen molar-refractivity contribution >= 4 is 27.3 Å². The van der Waals surface area contributed by atoms with Crippen molar-refractivity contribution in [1.29, 1.82) is 0 Å². The van der Waals surface area contributed by atoms with Crippen LogP contribution in [0, 0.1) is 0 Å². The van der Waals surface area contributed by atoms with Gasteiger partial charge in [0.25, 0.3) is 0 Å². The van der Waals surface area contributed by atoms with Crippen LogP contribution in [0.5, 0.6) is 0 Å². The van der Waals surface area contributed by atoms with E-state index in [4.69, 9.17) is 11.6 Å². The van der Waals surface area contributed by atoms with Crippen molar-refractivity contribution in [2.24, 2.45) is 0 Å². The van der Waals surface area contributed by atoms with Gasteiger partial charge >= 0.3 is 0 Å². The molecule has 25 heavy (non-hydrogen) atoms. The van der Waals surface area contributed by atoms with Gasteiger partial charge in [0.2, 0.25) is 5.24 Å². The molecule has 0 saturated heterocycles. The number of rotatable bonds is 8. The van der Waals surface area contributed by atoms with Crippen molar-refractivity contribution in [2.45, 2.75) is 56.1 Å². The van der Waals surface area contributed by atoms with Crippen LogP contribution in [0.25, 0.3) is 11.3 Å². The summed E-state index contributed by atoms with van der Waals surface area (Å²) >= 11 is 6.10. The smallest absolute Gasteiger partial charge is 0.209 e. The Balaban J connectivity index is 2.58. The number of nitrogens with zero attached hydrogens (tertiary/aromatic N) is 2. The Morgan fingerprint density at radius 1 is 1.08 bits per heavy atom. The molecule has 136 valence electrons. The number of halogens is 1. The van der Waals surface area contributed by atoms with E-state index in [-0.39, 0.29) is 10.4 Å². The molecule has 6 heteroatoms. The quantitative estimate of drug-likeness (QED) is 0.552. The van der Waals surface area contributed by atoms with E-state index in [1.54, 1.807) is 6.07 Å². The SMILES string of the molecule is CCCCC(CCC)S(=C(O)O)c1cc(Cl)nnc1-c1ccccc1. The van der Waals surface area contributed by atoms with E-state index in [0.29, 0.717) is 5.69 Å². The van der Waals surface area contributed by atoms with Gasteiger partial charge < -0.3 is 10.2 Å². The lowest BCUT2D eigenvalue weighted by Gasteiger charge is -2.23. The molecular formula is C19H25ClN2O2S. The summed E-state index contributed by atoms with van der Waals surface area (Å²) in [6.07, 6.45) is 4.96. The second kappa shape index (κ2) is 10.0. The molecule has 0 bridgehead atoms. The largest absolute Gasteiger partial charge is 0.336 e. The van der Waals surface area contributed by atoms with Crippen molar-refractivity contribution in [1.82, 2.24) is 10.2 Å². The molecule has 1 heterocycles. The van der Waals surface area contributed by atoms with Crippen LogP contribution in [0.15, 0.2) is 41.3 Å². The molecule has 0 fully saturated rings. The normalized spacial score (nSPS) is 13.5. The van der Waals surface area contributed by atoms with Crippen LogP contribution < -0.4 is 0 Å². The number of aromatic nitrogens is 2. The van der Waals surface area contributed by atoms with E-state index < -0.39 is 15.7 Å². The molecule has 0 aliphatic heterocycles. The van der Waals surface area contributed by atoms with Crippen molar-refractivity contribution in [3.8, 4) is 11.3 Å². The van der Waals surface area contributed by atoms with E-state index in [2.05, 4.69) is 24.0 Å². The molecule has 0 spiro atoms. The molecule has 2 rings (SSSR count). The summed E-state index contributed by atoms with van der Waals surface area (Å²) < 4.78 is 0. The molecule has 1 aromatic heterocycles. The first kappa shape index (κ1) is 20.0. The summed E-state index contributed by atoms with van der Waals surface area (Å²) in [6.45, 7) is 4.26. The first-order valence-electron chi connectivity index (χ1n) is 8.65.